The van der Waals surface area contributed by atoms with Gasteiger partial charge in [-0.2, -0.15) is 0 Å². The molecule has 0 radical (unpaired) electrons. The van der Waals surface area contributed by atoms with Crippen molar-refractivity contribution in [2.45, 2.75) is 18.9 Å². The Labute approximate surface area is 170 Å². The van der Waals surface area contributed by atoms with Crippen molar-refractivity contribution in [2.75, 3.05) is 44.4 Å². The number of H-pyrrole nitrogens is 1. The number of piperidine rings is 1. The second-order valence-electron chi connectivity index (χ2n) is 7.04. The van der Waals surface area contributed by atoms with Gasteiger partial charge < -0.3 is 25.8 Å². The molecule has 3 heterocycles. The Balaban J connectivity index is 1.72. The molecule has 2 aromatic rings. The van der Waals surface area contributed by atoms with Crippen LogP contribution in [0, 0.1) is 0 Å². The number of pyridine rings is 2. The van der Waals surface area contributed by atoms with Crippen LogP contribution in [0.2, 0.25) is 0 Å². The number of anilines is 2. The summed E-state index contributed by atoms with van der Waals surface area (Å²) in [4.78, 5) is 33.5. The highest BCUT2D eigenvalue weighted by atomic mass is 16.2. The second-order valence-corrected chi connectivity index (χ2v) is 7.04. The highest BCUT2D eigenvalue weighted by molar-refractivity contribution is 5.87. The van der Waals surface area contributed by atoms with Gasteiger partial charge in [0.25, 0.3) is 5.56 Å². The highest BCUT2D eigenvalue weighted by Crippen LogP contribution is 2.22. The van der Waals surface area contributed by atoms with Crippen molar-refractivity contribution >= 4 is 17.4 Å². The molecule has 3 rings (SSSR count). The maximum absolute atomic E-state index is 12.3. The largest absolute Gasteiger partial charge is 0.376 e. The van der Waals surface area contributed by atoms with Crippen LogP contribution in [0.15, 0.2) is 47.5 Å². The van der Waals surface area contributed by atoms with Gasteiger partial charge in [-0.3, -0.25) is 9.59 Å². The molecule has 1 saturated heterocycles. The fourth-order valence-electron chi connectivity index (χ4n) is 3.40. The summed E-state index contributed by atoms with van der Waals surface area (Å²) < 4.78 is 0. The van der Waals surface area contributed by atoms with Crippen molar-refractivity contribution in [3.63, 3.8) is 0 Å². The highest BCUT2D eigenvalue weighted by Gasteiger charge is 2.23. The molecule has 8 heteroatoms. The van der Waals surface area contributed by atoms with Crippen molar-refractivity contribution in [2.24, 2.45) is 0 Å². The van der Waals surface area contributed by atoms with E-state index in [2.05, 4.69) is 25.9 Å². The van der Waals surface area contributed by atoms with E-state index in [9.17, 15) is 9.59 Å². The Bertz CT molecular complexity index is 923. The van der Waals surface area contributed by atoms with E-state index in [0.29, 0.717) is 18.8 Å². The number of nitrogens with one attached hydrogen (secondary N) is 4. The molecule has 1 aliphatic rings. The molecule has 4 N–H and O–H groups in total. The number of rotatable bonds is 7. The summed E-state index contributed by atoms with van der Waals surface area (Å²) in [5.74, 6) is 0.766. The van der Waals surface area contributed by atoms with Crippen LogP contribution in [-0.2, 0) is 4.79 Å². The SMILES string of the molecule is CNC/C=C/C(=O)N1CCC[C@@H](Nc2cc(-c3ccnc(NC)c3)c[nH]c2=O)C1. The van der Waals surface area contributed by atoms with Crippen LogP contribution in [0.1, 0.15) is 12.8 Å². The summed E-state index contributed by atoms with van der Waals surface area (Å²) in [6, 6.07) is 5.71. The van der Waals surface area contributed by atoms with Crippen LogP contribution < -0.4 is 21.5 Å². The van der Waals surface area contributed by atoms with Gasteiger partial charge in [-0.1, -0.05) is 6.08 Å². The van der Waals surface area contributed by atoms with Gasteiger partial charge >= 0.3 is 0 Å². The molecule has 0 bridgehead atoms. The van der Waals surface area contributed by atoms with Gasteiger partial charge in [0.1, 0.15) is 11.5 Å². The minimum atomic E-state index is -0.172. The number of carbonyl (C=O) groups excluding carboxylic acids is 1. The van der Waals surface area contributed by atoms with Crippen LogP contribution in [0.5, 0.6) is 0 Å². The van der Waals surface area contributed by atoms with Crippen molar-refractivity contribution in [3.8, 4) is 11.1 Å². The quantitative estimate of drug-likeness (QED) is 0.531. The molecule has 0 aliphatic carbocycles. The Kier molecular flexibility index (Phi) is 7.02. The monoisotopic (exact) mass is 396 g/mol. The summed E-state index contributed by atoms with van der Waals surface area (Å²) in [5, 5.41) is 9.34. The van der Waals surface area contributed by atoms with Crippen molar-refractivity contribution < 1.29 is 4.79 Å². The second kappa shape index (κ2) is 9.88. The predicted molar refractivity (Wildman–Crippen MR) is 116 cm³/mol. The van der Waals surface area contributed by atoms with Crippen LogP contribution in [-0.4, -0.2) is 60.5 Å². The molecule has 2 aromatic heterocycles. The van der Waals surface area contributed by atoms with Crippen molar-refractivity contribution in [1.29, 1.82) is 0 Å². The first-order valence-corrected chi connectivity index (χ1v) is 9.84. The molecule has 154 valence electrons. The fourth-order valence-corrected chi connectivity index (χ4v) is 3.40. The standard InChI is InChI=1S/C21H28N6O2/c1-22-8-3-6-20(28)27-10-4-5-17(14-27)26-18-11-16(13-25-21(18)29)15-7-9-24-19(12-15)23-2/h3,6-7,9,11-13,17,22,26H,4-5,8,10,14H2,1-2H3,(H,23,24)(H,25,29)/b6-3+/t17-/m1/s1. The van der Waals surface area contributed by atoms with E-state index >= 15 is 0 Å². The maximum Gasteiger partial charge on any atom is 0.271 e. The molecule has 0 aromatic carbocycles. The summed E-state index contributed by atoms with van der Waals surface area (Å²) in [6.07, 6.45) is 8.66. The fraction of sp³-hybridized carbons (Fsp3) is 0.381. The van der Waals surface area contributed by atoms with E-state index in [-0.39, 0.29) is 17.5 Å². The third-order valence-electron chi connectivity index (χ3n) is 4.93. The average Bonchev–Trinajstić information content (AvgIpc) is 2.75. The zero-order valence-electron chi connectivity index (χ0n) is 16.9. The summed E-state index contributed by atoms with van der Waals surface area (Å²) >= 11 is 0. The van der Waals surface area contributed by atoms with E-state index in [4.69, 9.17) is 0 Å². The number of aromatic nitrogens is 2. The topological polar surface area (TPSA) is 102 Å². The lowest BCUT2D eigenvalue weighted by Gasteiger charge is -2.33. The zero-order valence-corrected chi connectivity index (χ0v) is 16.9. The molecule has 8 nitrogen and oxygen atoms in total. The van der Waals surface area contributed by atoms with Gasteiger partial charge in [0, 0.05) is 56.8 Å². The molecule has 1 fully saturated rings. The van der Waals surface area contributed by atoms with Crippen LogP contribution in [0.25, 0.3) is 11.1 Å². The summed E-state index contributed by atoms with van der Waals surface area (Å²) in [6.45, 7) is 1.97. The third kappa shape index (κ3) is 5.45. The van der Waals surface area contributed by atoms with Gasteiger partial charge in [-0.25, -0.2) is 4.98 Å². The number of aromatic amines is 1. The Morgan fingerprint density at radius 1 is 1.34 bits per heavy atom. The predicted octanol–water partition coefficient (Wildman–Crippen LogP) is 1.66. The van der Waals surface area contributed by atoms with E-state index < -0.39 is 0 Å². The molecule has 1 atom stereocenters. The van der Waals surface area contributed by atoms with Crippen LogP contribution in [0.3, 0.4) is 0 Å². The number of nitrogens with zero attached hydrogens (tertiary/aromatic N) is 2. The number of likely N-dealkylation sites (tertiary alicyclic amines) is 1. The van der Waals surface area contributed by atoms with E-state index in [1.54, 1.807) is 18.5 Å². The van der Waals surface area contributed by atoms with E-state index in [0.717, 1.165) is 36.3 Å². The molecular weight excluding hydrogens is 368 g/mol. The van der Waals surface area contributed by atoms with Crippen LogP contribution >= 0.6 is 0 Å². The van der Waals surface area contributed by atoms with Gasteiger partial charge in [0.05, 0.1) is 0 Å². The minimum Gasteiger partial charge on any atom is -0.376 e. The van der Waals surface area contributed by atoms with Crippen molar-refractivity contribution in [1.82, 2.24) is 20.2 Å². The Morgan fingerprint density at radius 3 is 3.00 bits per heavy atom. The molecular formula is C21H28N6O2. The van der Waals surface area contributed by atoms with Crippen LogP contribution in [0.4, 0.5) is 11.5 Å². The smallest absolute Gasteiger partial charge is 0.271 e. The normalized spacial score (nSPS) is 16.8. The lowest BCUT2D eigenvalue weighted by molar-refractivity contribution is -0.127. The van der Waals surface area contributed by atoms with Gasteiger partial charge in [-0.05, 0) is 43.7 Å². The van der Waals surface area contributed by atoms with Gasteiger partial charge in [-0.15, -0.1) is 0 Å². The Hall–Kier alpha value is -3.13. The number of likely N-dealkylation sites (N-methyl/N-ethyl adjacent to an activating group) is 1. The number of hydrogen-bond donors (Lipinski definition) is 4. The molecule has 0 spiro atoms. The maximum atomic E-state index is 12.3. The molecule has 0 unspecified atom stereocenters. The molecule has 1 amide bonds. The first-order chi connectivity index (χ1) is 14.1. The van der Waals surface area contributed by atoms with E-state index in [1.165, 1.54) is 0 Å². The lowest BCUT2D eigenvalue weighted by atomic mass is 10.0. The van der Waals surface area contributed by atoms with Crippen molar-refractivity contribution in [3.05, 3.63) is 53.1 Å². The van der Waals surface area contributed by atoms with Gasteiger partial charge in [0.15, 0.2) is 0 Å². The first kappa shape index (κ1) is 20.6. The summed E-state index contributed by atoms with van der Waals surface area (Å²) in [7, 11) is 3.66. The zero-order chi connectivity index (χ0) is 20.6. The summed E-state index contributed by atoms with van der Waals surface area (Å²) in [5.41, 5.74) is 2.19. The average molecular weight is 396 g/mol. The lowest BCUT2D eigenvalue weighted by Crippen LogP contribution is -2.45. The molecule has 0 saturated carbocycles. The molecule has 29 heavy (non-hydrogen) atoms. The third-order valence-corrected chi connectivity index (χ3v) is 4.93. The number of hydrogen-bond acceptors (Lipinski definition) is 6. The number of carbonyl (C=O) groups is 1. The molecule has 1 aliphatic heterocycles. The first-order valence-electron chi connectivity index (χ1n) is 9.84. The minimum absolute atomic E-state index is 0.00536. The van der Waals surface area contributed by atoms with Gasteiger partial charge in [0.2, 0.25) is 5.91 Å². The van der Waals surface area contributed by atoms with E-state index in [1.807, 2.05) is 43.3 Å². The number of amides is 1. The Morgan fingerprint density at radius 2 is 2.21 bits per heavy atom.